The molecule has 24 heavy (non-hydrogen) atoms. The highest BCUT2D eigenvalue weighted by Crippen LogP contribution is 2.16. The summed E-state index contributed by atoms with van der Waals surface area (Å²) in [6, 6.07) is 11.5. The quantitative estimate of drug-likeness (QED) is 0.852. The van der Waals surface area contributed by atoms with Crippen LogP contribution < -0.4 is 15.4 Å². The molecular weight excluding hydrogens is 304 g/mol. The summed E-state index contributed by atoms with van der Waals surface area (Å²) < 4.78 is 5.21. The van der Waals surface area contributed by atoms with Gasteiger partial charge in [-0.15, -0.1) is 10.2 Å². The van der Waals surface area contributed by atoms with Crippen LogP contribution in [0.25, 0.3) is 0 Å². The van der Waals surface area contributed by atoms with Gasteiger partial charge >= 0.3 is 0 Å². The van der Waals surface area contributed by atoms with Crippen LogP contribution in [0.3, 0.4) is 0 Å². The first-order valence-electron chi connectivity index (χ1n) is 7.90. The van der Waals surface area contributed by atoms with E-state index in [1.165, 1.54) is 5.56 Å². The minimum absolute atomic E-state index is 0.0875. The van der Waals surface area contributed by atoms with Gasteiger partial charge in [0, 0.05) is 12.0 Å². The summed E-state index contributed by atoms with van der Waals surface area (Å²) in [6.07, 6.45) is 0.849. The second-order valence-corrected chi connectivity index (χ2v) is 6.54. The van der Waals surface area contributed by atoms with Crippen molar-refractivity contribution in [2.24, 2.45) is 5.41 Å². The Bertz CT molecular complexity index is 678. The van der Waals surface area contributed by atoms with Gasteiger partial charge in [0.15, 0.2) is 5.82 Å². The second kappa shape index (κ2) is 7.77. The maximum atomic E-state index is 11.9. The van der Waals surface area contributed by atoms with Crippen LogP contribution in [-0.4, -0.2) is 29.8 Å². The van der Waals surface area contributed by atoms with Crippen molar-refractivity contribution in [2.45, 2.75) is 27.2 Å². The lowest BCUT2D eigenvalue weighted by atomic mass is 9.96. The minimum atomic E-state index is -0.463. The molecule has 0 aliphatic carbocycles. The highest BCUT2D eigenvalue weighted by Gasteiger charge is 2.21. The van der Waals surface area contributed by atoms with Crippen molar-refractivity contribution < 1.29 is 9.53 Å². The molecule has 0 spiro atoms. The SMILES string of the molecule is COc1cccc(CCNc2ccc(NC(=O)C(C)(C)C)nn2)c1. The van der Waals surface area contributed by atoms with E-state index in [1.807, 2.05) is 39.0 Å². The number of nitrogens with zero attached hydrogens (tertiary/aromatic N) is 2. The Balaban J connectivity index is 1.84. The third-order valence-corrected chi connectivity index (χ3v) is 3.44. The molecule has 1 aromatic carbocycles. The molecule has 6 nitrogen and oxygen atoms in total. The van der Waals surface area contributed by atoms with Crippen molar-refractivity contribution in [3.63, 3.8) is 0 Å². The monoisotopic (exact) mass is 328 g/mol. The van der Waals surface area contributed by atoms with Crippen molar-refractivity contribution in [3.05, 3.63) is 42.0 Å². The smallest absolute Gasteiger partial charge is 0.230 e. The predicted octanol–water partition coefficient (Wildman–Crippen LogP) is 3.12. The first kappa shape index (κ1) is 17.7. The maximum Gasteiger partial charge on any atom is 0.230 e. The summed E-state index contributed by atoms with van der Waals surface area (Å²) in [4.78, 5) is 11.9. The summed E-state index contributed by atoms with van der Waals surface area (Å²) in [5.74, 6) is 1.89. The van der Waals surface area contributed by atoms with Crippen LogP contribution in [0, 0.1) is 5.41 Å². The van der Waals surface area contributed by atoms with Crippen molar-refractivity contribution in [1.29, 1.82) is 0 Å². The van der Waals surface area contributed by atoms with Gasteiger partial charge in [-0.3, -0.25) is 4.79 Å². The van der Waals surface area contributed by atoms with Crippen LogP contribution in [0.2, 0.25) is 0 Å². The number of carbonyl (C=O) groups is 1. The Hall–Kier alpha value is -2.63. The predicted molar refractivity (Wildman–Crippen MR) is 95.3 cm³/mol. The average Bonchev–Trinajstić information content (AvgIpc) is 2.56. The number of hydrogen-bond donors (Lipinski definition) is 2. The molecule has 128 valence electrons. The standard InChI is InChI=1S/C18H24N4O2/c1-18(2,3)17(23)20-16-9-8-15(21-22-16)19-11-10-13-6-5-7-14(12-13)24-4/h5-9,12H,10-11H2,1-4H3,(H,19,21)(H,20,22,23). The largest absolute Gasteiger partial charge is 0.497 e. The van der Waals surface area contributed by atoms with Gasteiger partial charge < -0.3 is 15.4 Å². The molecule has 0 atom stereocenters. The zero-order valence-electron chi connectivity index (χ0n) is 14.6. The molecule has 0 bridgehead atoms. The summed E-state index contributed by atoms with van der Waals surface area (Å²) in [7, 11) is 1.66. The number of hydrogen-bond acceptors (Lipinski definition) is 5. The molecule has 2 aromatic rings. The fourth-order valence-corrected chi connectivity index (χ4v) is 1.96. The van der Waals surface area contributed by atoms with Crippen molar-refractivity contribution >= 4 is 17.5 Å². The van der Waals surface area contributed by atoms with Gasteiger partial charge in [0.2, 0.25) is 5.91 Å². The van der Waals surface area contributed by atoms with Crippen LogP contribution in [0.1, 0.15) is 26.3 Å². The van der Waals surface area contributed by atoms with E-state index in [0.29, 0.717) is 11.6 Å². The first-order chi connectivity index (χ1) is 11.4. The van der Waals surface area contributed by atoms with Crippen LogP contribution >= 0.6 is 0 Å². The molecule has 2 rings (SSSR count). The molecule has 0 radical (unpaired) electrons. The zero-order valence-corrected chi connectivity index (χ0v) is 14.6. The van der Waals surface area contributed by atoms with E-state index >= 15 is 0 Å². The number of carbonyl (C=O) groups excluding carboxylic acids is 1. The van der Waals surface area contributed by atoms with E-state index in [2.05, 4.69) is 26.9 Å². The molecule has 1 heterocycles. The van der Waals surface area contributed by atoms with E-state index in [4.69, 9.17) is 4.74 Å². The van der Waals surface area contributed by atoms with Gasteiger partial charge in [-0.1, -0.05) is 32.9 Å². The molecule has 0 saturated carbocycles. The second-order valence-electron chi connectivity index (χ2n) is 6.54. The Morgan fingerprint density at radius 3 is 2.46 bits per heavy atom. The van der Waals surface area contributed by atoms with E-state index in [-0.39, 0.29) is 5.91 Å². The third-order valence-electron chi connectivity index (χ3n) is 3.44. The van der Waals surface area contributed by atoms with Gasteiger partial charge in [0.1, 0.15) is 11.6 Å². The van der Waals surface area contributed by atoms with Gasteiger partial charge in [-0.2, -0.15) is 0 Å². The van der Waals surface area contributed by atoms with Crippen molar-refractivity contribution in [2.75, 3.05) is 24.3 Å². The Morgan fingerprint density at radius 2 is 1.83 bits per heavy atom. The molecule has 1 aromatic heterocycles. The molecule has 0 aliphatic heterocycles. The number of benzene rings is 1. The third kappa shape index (κ3) is 5.22. The molecule has 2 N–H and O–H groups in total. The molecule has 0 fully saturated rings. The molecule has 6 heteroatoms. The Morgan fingerprint density at radius 1 is 1.12 bits per heavy atom. The molecule has 1 amide bonds. The number of rotatable bonds is 6. The maximum absolute atomic E-state index is 11.9. The van der Waals surface area contributed by atoms with Crippen LogP contribution in [0.5, 0.6) is 5.75 Å². The van der Waals surface area contributed by atoms with E-state index in [9.17, 15) is 4.79 Å². The lowest BCUT2D eigenvalue weighted by Crippen LogP contribution is -2.28. The number of aromatic nitrogens is 2. The zero-order chi connectivity index (χ0) is 17.6. The Kier molecular flexibility index (Phi) is 5.73. The lowest BCUT2D eigenvalue weighted by molar-refractivity contribution is -0.123. The van der Waals surface area contributed by atoms with Gasteiger partial charge in [-0.05, 0) is 36.2 Å². The lowest BCUT2D eigenvalue weighted by Gasteiger charge is -2.16. The number of anilines is 2. The first-order valence-corrected chi connectivity index (χ1v) is 7.90. The molecule has 0 unspecified atom stereocenters. The highest BCUT2D eigenvalue weighted by atomic mass is 16.5. The molecular formula is C18H24N4O2. The number of ether oxygens (including phenoxy) is 1. The number of nitrogens with one attached hydrogen (secondary N) is 2. The van der Waals surface area contributed by atoms with E-state index in [0.717, 1.165) is 18.7 Å². The fourth-order valence-electron chi connectivity index (χ4n) is 1.96. The summed E-state index contributed by atoms with van der Waals surface area (Å²) in [5.41, 5.74) is 0.721. The highest BCUT2D eigenvalue weighted by molar-refractivity contribution is 5.93. The van der Waals surface area contributed by atoms with E-state index < -0.39 is 5.41 Å². The molecule has 0 saturated heterocycles. The summed E-state index contributed by atoms with van der Waals surface area (Å²) >= 11 is 0. The minimum Gasteiger partial charge on any atom is -0.497 e. The Labute approximate surface area is 142 Å². The van der Waals surface area contributed by atoms with Crippen molar-refractivity contribution in [1.82, 2.24) is 10.2 Å². The topological polar surface area (TPSA) is 76.1 Å². The van der Waals surface area contributed by atoms with Crippen LogP contribution in [0.15, 0.2) is 36.4 Å². The van der Waals surface area contributed by atoms with Gasteiger partial charge in [-0.25, -0.2) is 0 Å². The number of methoxy groups -OCH3 is 1. The van der Waals surface area contributed by atoms with Crippen LogP contribution in [0.4, 0.5) is 11.6 Å². The normalized spacial score (nSPS) is 11.0. The average molecular weight is 328 g/mol. The number of amides is 1. The van der Waals surface area contributed by atoms with Gasteiger partial charge in [0.05, 0.1) is 7.11 Å². The fraction of sp³-hybridized carbons (Fsp3) is 0.389. The van der Waals surface area contributed by atoms with Crippen molar-refractivity contribution in [3.8, 4) is 5.75 Å². The van der Waals surface area contributed by atoms with E-state index in [1.54, 1.807) is 19.2 Å². The van der Waals surface area contributed by atoms with Crippen LogP contribution in [-0.2, 0) is 11.2 Å². The van der Waals surface area contributed by atoms with Gasteiger partial charge in [0.25, 0.3) is 0 Å². The summed E-state index contributed by atoms with van der Waals surface area (Å²) in [5, 5.41) is 14.1. The molecule has 0 aliphatic rings. The summed E-state index contributed by atoms with van der Waals surface area (Å²) in [6.45, 7) is 6.29.